The molecule has 9 nitrogen and oxygen atoms in total. The number of fused-ring (bicyclic) bond motifs is 1. The van der Waals surface area contributed by atoms with Crippen LogP contribution in [0.1, 0.15) is 52.5 Å². The molecule has 0 aliphatic carbocycles. The zero-order valence-corrected chi connectivity index (χ0v) is 18.9. The highest BCUT2D eigenvalue weighted by Crippen LogP contribution is 2.31. The fourth-order valence-corrected chi connectivity index (χ4v) is 4.69. The summed E-state index contributed by atoms with van der Waals surface area (Å²) in [5.41, 5.74) is 5.53. The molecule has 2 aliphatic heterocycles. The highest BCUT2D eigenvalue weighted by molar-refractivity contribution is 5.94. The van der Waals surface area contributed by atoms with Gasteiger partial charge in [-0.3, -0.25) is 4.90 Å². The molecule has 2 aromatic heterocycles. The summed E-state index contributed by atoms with van der Waals surface area (Å²) in [5, 5.41) is 27.0. The van der Waals surface area contributed by atoms with Crippen LogP contribution in [0.3, 0.4) is 0 Å². The standard InChI is InChI=1S/C25H26N6O3/c1-15-5-24(27-8-18(15)6-26)31-10-17(7-28-31)9-30-11-19(13-32)29-23(12-30)20-3-4-21-22(16(20)2)14-34-25(21)33/h3-5,7-8,10,19,23,29,32H,9,11-14H2,1-2H3/i13D2. The Labute approximate surface area is 200 Å². The van der Waals surface area contributed by atoms with Crippen LogP contribution in [0.25, 0.3) is 5.82 Å². The van der Waals surface area contributed by atoms with Crippen molar-refractivity contribution in [2.75, 3.05) is 19.6 Å². The monoisotopic (exact) mass is 460 g/mol. The molecule has 174 valence electrons. The second kappa shape index (κ2) is 8.99. The van der Waals surface area contributed by atoms with E-state index in [1.54, 1.807) is 23.0 Å². The van der Waals surface area contributed by atoms with Crippen LogP contribution in [0.5, 0.6) is 0 Å². The van der Waals surface area contributed by atoms with Crippen LogP contribution in [0.2, 0.25) is 0 Å². The first-order valence-electron chi connectivity index (χ1n) is 12.0. The highest BCUT2D eigenvalue weighted by Gasteiger charge is 2.31. The third-order valence-electron chi connectivity index (χ3n) is 6.52. The molecular formula is C25H26N6O3. The van der Waals surface area contributed by atoms with Crippen molar-refractivity contribution in [1.29, 1.82) is 5.26 Å². The summed E-state index contributed by atoms with van der Waals surface area (Å²) in [5.74, 6) is 0.275. The lowest BCUT2D eigenvalue weighted by Crippen LogP contribution is -2.53. The zero-order chi connectivity index (χ0) is 25.6. The maximum atomic E-state index is 11.9. The second-order valence-electron chi connectivity index (χ2n) is 8.74. The van der Waals surface area contributed by atoms with Gasteiger partial charge in [0.15, 0.2) is 5.82 Å². The Morgan fingerprint density at radius 3 is 2.97 bits per heavy atom. The molecule has 0 radical (unpaired) electrons. The Hall–Kier alpha value is -3.58. The van der Waals surface area contributed by atoms with Gasteiger partial charge in [-0.2, -0.15) is 10.4 Å². The Kier molecular flexibility index (Phi) is 5.25. The molecule has 2 atom stereocenters. The first-order chi connectivity index (χ1) is 17.1. The average Bonchev–Trinajstić information content (AvgIpc) is 3.46. The molecular weight excluding hydrogens is 432 g/mol. The number of nitrogens with zero attached hydrogens (tertiary/aromatic N) is 5. The van der Waals surface area contributed by atoms with Crippen molar-refractivity contribution in [3.8, 4) is 11.9 Å². The van der Waals surface area contributed by atoms with Crippen molar-refractivity contribution in [3.63, 3.8) is 0 Å². The number of aryl methyl sites for hydroxylation is 1. The molecule has 2 N–H and O–H groups in total. The normalized spacial score (nSPS) is 21.4. The smallest absolute Gasteiger partial charge is 0.338 e. The molecule has 4 heterocycles. The molecule has 3 aromatic rings. The van der Waals surface area contributed by atoms with Crippen LogP contribution in [-0.2, 0) is 17.9 Å². The highest BCUT2D eigenvalue weighted by atomic mass is 16.5. The number of benzene rings is 1. The lowest BCUT2D eigenvalue weighted by molar-refractivity contribution is 0.0535. The lowest BCUT2D eigenvalue weighted by Gasteiger charge is -2.39. The van der Waals surface area contributed by atoms with Crippen LogP contribution < -0.4 is 5.32 Å². The van der Waals surface area contributed by atoms with Crippen molar-refractivity contribution < 1.29 is 17.4 Å². The predicted molar refractivity (Wildman–Crippen MR) is 123 cm³/mol. The van der Waals surface area contributed by atoms with Gasteiger partial charge in [-0.05, 0) is 42.7 Å². The van der Waals surface area contributed by atoms with Crippen LogP contribution in [0.4, 0.5) is 0 Å². The number of nitriles is 1. The number of aliphatic hydroxyl groups is 1. The number of piperazine rings is 1. The Morgan fingerprint density at radius 2 is 2.21 bits per heavy atom. The van der Waals surface area contributed by atoms with Crippen LogP contribution in [0, 0.1) is 25.2 Å². The molecule has 1 fully saturated rings. The van der Waals surface area contributed by atoms with E-state index in [0.29, 0.717) is 36.6 Å². The first-order valence-corrected chi connectivity index (χ1v) is 11.0. The second-order valence-corrected chi connectivity index (χ2v) is 8.74. The number of hydrogen-bond donors (Lipinski definition) is 2. The fourth-order valence-electron chi connectivity index (χ4n) is 4.69. The molecule has 2 unspecified atom stereocenters. The van der Waals surface area contributed by atoms with Crippen molar-refractivity contribution in [2.45, 2.75) is 39.1 Å². The number of cyclic esters (lactones) is 1. The maximum Gasteiger partial charge on any atom is 0.338 e. The number of esters is 1. The quantitative estimate of drug-likeness (QED) is 0.555. The van der Waals surface area contributed by atoms with E-state index in [1.165, 1.54) is 6.20 Å². The van der Waals surface area contributed by atoms with Crippen molar-refractivity contribution >= 4 is 5.97 Å². The van der Waals surface area contributed by atoms with Crippen LogP contribution in [0.15, 0.2) is 36.8 Å². The number of rotatable bonds is 5. The minimum absolute atomic E-state index is 0.233. The number of ether oxygens (including phenoxy) is 1. The van der Waals surface area contributed by atoms with Gasteiger partial charge >= 0.3 is 5.97 Å². The number of hydrogen-bond acceptors (Lipinski definition) is 8. The SMILES string of the molecule is [2H]C([2H])(O)C1CN(Cc2cnn(-c3cc(C)c(C#N)cn3)c2)CC(c2ccc3c(c2C)COC3=O)N1. The van der Waals surface area contributed by atoms with Crippen molar-refractivity contribution in [1.82, 2.24) is 25.0 Å². The van der Waals surface area contributed by atoms with E-state index in [9.17, 15) is 9.90 Å². The summed E-state index contributed by atoms with van der Waals surface area (Å²) < 4.78 is 22.7. The van der Waals surface area contributed by atoms with Gasteiger partial charge in [-0.15, -0.1) is 0 Å². The zero-order valence-electron chi connectivity index (χ0n) is 20.9. The van der Waals surface area contributed by atoms with E-state index in [2.05, 4.69) is 26.4 Å². The van der Waals surface area contributed by atoms with E-state index < -0.39 is 12.6 Å². The number of aromatic nitrogens is 3. The third kappa shape index (κ3) is 4.07. The number of carbonyl (C=O) groups is 1. The van der Waals surface area contributed by atoms with Crippen molar-refractivity contribution in [2.24, 2.45) is 0 Å². The van der Waals surface area contributed by atoms with Gasteiger partial charge in [0.05, 0.1) is 26.6 Å². The van der Waals surface area contributed by atoms with E-state index in [1.807, 2.05) is 26.1 Å². The van der Waals surface area contributed by atoms with Gasteiger partial charge in [0.1, 0.15) is 12.7 Å². The molecule has 2 aliphatic rings. The number of pyridine rings is 1. The topological polar surface area (TPSA) is 116 Å². The molecule has 1 aromatic carbocycles. The van der Waals surface area contributed by atoms with E-state index >= 15 is 0 Å². The largest absolute Gasteiger partial charge is 0.457 e. The Bertz CT molecular complexity index is 1380. The van der Waals surface area contributed by atoms with Gasteiger partial charge < -0.3 is 15.2 Å². The molecule has 9 heteroatoms. The third-order valence-corrected chi connectivity index (χ3v) is 6.52. The predicted octanol–water partition coefficient (Wildman–Crippen LogP) is 1.93. The molecule has 0 amide bonds. The summed E-state index contributed by atoms with van der Waals surface area (Å²) in [6.07, 6.45) is 5.12. The summed E-state index contributed by atoms with van der Waals surface area (Å²) in [6.45, 7) is 2.96. The minimum Gasteiger partial charge on any atom is -0.457 e. The van der Waals surface area contributed by atoms with E-state index in [0.717, 1.165) is 27.8 Å². The number of nitrogens with one attached hydrogen (secondary N) is 1. The van der Waals surface area contributed by atoms with Crippen molar-refractivity contribution in [3.05, 3.63) is 75.7 Å². The Balaban J connectivity index is 1.39. The number of carbonyl (C=O) groups excluding carboxylic acids is 1. The summed E-state index contributed by atoms with van der Waals surface area (Å²) in [6, 6.07) is 6.47. The Morgan fingerprint density at radius 1 is 1.35 bits per heavy atom. The molecule has 0 spiro atoms. The van der Waals surface area contributed by atoms with Crippen LogP contribution in [-0.4, -0.2) is 56.4 Å². The molecule has 34 heavy (non-hydrogen) atoms. The van der Waals surface area contributed by atoms with Gasteiger partial charge in [-0.1, -0.05) is 6.07 Å². The first kappa shape index (κ1) is 19.9. The fraction of sp³-hybridized carbons (Fsp3) is 0.360. The summed E-state index contributed by atoms with van der Waals surface area (Å²) in [7, 11) is 0. The molecule has 0 saturated carbocycles. The van der Waals surface area contributed by atoms with E-state index in [-0.39, 0.29) is 18.6 Å². The summed E-state index contributed by atoms with van der Waals surface area (Å²) in [4.78, 5) is 18.3. The molecule has 5 rings (SSSR count). The van der Waals surface area contributed by atoms with Crippen LogP contribution >= 0.6 is 0 Å². The summed E-state index contributed by atoms with van der Waals surface area (Å²) >= 11 is 0. The minimum atomic E-state index is -2.42. The lowest BCUT2D eigenvalue weighted by atomic mass is 9.92. The van der Waals surface area contributed by atoms with Gasteiger partial charge in [-0.25, -0.2) is 14.5 Å². The van der Waals surface area contributed by atoms with Gasteiger partial charge in [0, 0.05) is 55.2 Å². The van der Waals surface area contributed by atoms with E-state index in [4.69, 9.17) is 12.7 Å². The molecule has 1 saturated heterocycles. The average molecular weight is 461 g/mol. The maximum absolute atomic E-state index is 11.9. The molecule has 0 bridgehead atoms. The van der Waals surface area contributed by atoms with Gasteiger partial charge in [0.2, 0.25) is 0 Å². The van der Waals surface area contributed by atoms with Gasteiger partial charge in [0.25, 0.3) is 0 Å².